The molecule has 216 valence electrons. The van der Waals surface area contributed by atoms with E-state index in [-0.39, 0.29) is 69.5 Å². The summed E-state index contributed by atoms with van der Waals surface area (Å²) in [6, 6.07) is 0. The number of nitrogens with zero attached hydrogens (tertiary/aromatic N) is 2. The average Bonchev–Trinajstić information content (AvgIpc) is 3.22. The summed E-state index contributed by atoms with van der Waals surface area (Å²) in [7, 11) is 0. The summed E-state index contributed by atoms with van der Waals surface area (Å²) >= 11 is 0. The number of hydrogen-bond acceptors (Lipinski definition) is 6. The highest BCUT2D eigenvalue weighted by Gasteiger charge is 2.49. The fourth-order valence-corrected chi connectivity index (χ4v) is 5.69. The Morgan fingerprint density at radius 3 is 1.26 bits per heavy atom. The van der Waals surface area contributed by atoms with Crippen molar-refractivity contribution in [2.24, 2.45) is 34.5 Å². The number of rotatable bonds is 8. The van der Waals surface area contributed by atoms with Crippen LogP contribution < -0.4 is 10.6 Å². The van der Waals surface area contributed by atoms with Crippen molar-refractivity contribution in [1.82, 2.24) is 10.6 Å². The number of nitrogens with one attached hydrogen (secondary N) is 2. The third kappa shape index (κ3) is 9.83. The molecule has 0 heterocycles. The van der Waals surface area contributed by atoms with Crippen LogP contribution in [-0.2, 0) is 9.59 Å². The Morgan fingerprint density at radius 2 is 1.05 bits per heavy atom. The van der Waals surface area contributed by atoms with E-state index in [9.17, 15) is 29.8 Å². The predicted octanol–water partition coefficient (Wildman–Crippen LogP) is 4.79. The number of amides is 2. The summed E-state index contributed by atoms with van der Waals surface area (Å²) in [4.78, 5) is 45.5. The van der Waals surface area contributed by atoms with Gasteiger partial charge < -0.3 is 10.6 Å². The summed E-state index contributed by atoms with van der Waals surface area (Å²) < 4.78 is 0. The molecule has 0 saturated heterocycles. The predicted molar refractivity (Wildman–Crippen MR) is 149 cm³/mol. The van der Waals surface area contributed by atoms with Gasteiger partial charge in [0.1, 0.15) is 0 Å². The van der Waals surface area contributed by atoms with E-state index in [1.54, 1.807) is 12.2 Å². The molecule has 0 bridgehead atoms. The van der Waals surface area contributed by atoms with Gasteiger partial charge in [-0.2, -0.15) is 0 Å². The van der Waals surface area contributed by atoms with Crippen molar-refractivity contribution in [1.29, 1.82) is 0 Å². The number of nitro groups is 2. The van der Waals surface area contributed by atoms with Gasteiger partial charge in [-0.3, -0.25) is 29.8 Å². The summed E-state index contributed by atoms with van der Waals surface area (Å²) in [5.74, 6) is -0.135. The minimum atomic E-state index is -0.535. The van der Waals surface area contributed by atoms with Crippen molar-refractivity contribution < 1.29 is 19.4 Å². The Bertz CT molecular complexity index is 847. The van der Waals surface area contributed by atoms with Gasteiger partial charge in [0.15, 0.2) is 0 Å². The van der Waals surface area contributed by atoms with E-state index in [1.165, 1.54) is 0 Å². The maximum absolute atomic E-state index is 12.4. The highest BCUT2D eigenvalue weighted by Crippen LogP contribution is 2.47. The highest BCUT2D eigenvalue weighted by molar-refractivity contribution is 5.83. The zero-order valence-corrected chi connectivity index (χ0v) is 24.5. The van der Waals surface area contributed by atoms with Crippen LogP contribution in [0.3, 0.4) is 0 Å². The fraction of sp³-hybridized carbons (Fsp3) is 0.786. The van der Waals surface area contributed by atoms with Gasteiger partial charge >= 0.3 is 0 Å². The molecule has 0 aliphatic heterocycles. The quantitative estimate of drug-likeness (QED) is 0.259. The third-order valence-corrected chi connectivity index (χ3v) is 7.45. The molecule has 2 aliphatic rings. The Hall–Kier alpha value is -2.78. The zero-order chi connectivity index (χ0) is 29.7. The summed E-state index contributed by atoms with van der Waals surface area (Å²) in [5.41, 5.74) is -1.64. The van der Waals surface area contributed by atoms with Gasteiger partial charge in [-0.25, -0.2) is 0 Å². The van der Waals surface area contributed by atoms with Gasteiger partial charge in [0.25, 0.3) is 0 Å². The molecule has 2 saturated carbocycles. The lowest BCUT2D eigenvalue weighted by molar-refractivity contribution is -0.489. The molecule has 2 fully saturated rings. The SMILES string of the molecule is C=C[C@H]1C[C@@](C)(C(=O)NC(C)(C)C)C[C@@H]1C[N+](=O)[O-].C=C[C@H]1C[C@](C)(C(=O)NC(C)(C)C)C[C@@H]1C[N+](=O)[O-]. The first-order valence-electron chi connectivity index (χ1n) is 13.3. The second-order valence-electron chi connectivity index (χ2n) is 13.7. The number of carbonyl (C=O) groups is 2. The molecule has 10 heteroatoms. The molecule has 2 aliphatic carbocycles. The summed E-state index contributed by atoms with van der Waals surface area (Å²) in [5, 5.41) is 27.3. The van der Waals surface area contributed by atoms with Crippen LogP contribution in [0.5, 0.6) is 0 Å². The Morgan fingerprint density at radius 1 is 0.763 bits per heavy atom. The van der Waals surface area contributed by atoms with Gasteiger partial charge in [-0.15, -0.1) is 13.2 Å². The molecule has 10 nitrogen and oxygen atoms in total. The molecule has 0 aromatic carbocycles. The average molecular weight is 537 g/mol. The van der Waals surface area contributed by atoms with Crippen molar-refractivity contribution >= 4 is 11.8 Å². The first kappa shape index (κ1) is 33.2. The normalized spacial score (nSPS) is 30.9. The second-order valence-corrected chi connectivity index (χ2v) is 13.7. The smallest absolute Gasteiger partial charge is 0.226 e. The maximum atomic E-state index is 12.4. The van der Waals surface area contributed by atoms with Crippen LogP contribution in [-0.4, -0.2) is 45.8 Å². The maximum Gasteiger partial charge on any atom is 0.226 e. The van der Waals surface area contributed by atoms with E-state index in [2.05, 4.69) is 23.8 Å². The lowest BCUT2D eigenvalue weighted by Gasteiger charge is -2.29. The van der Waals surface area contributed by atoms with E-state index in [0.717, 1.165) is 0 Å². The van der Waals surface area contributed by atoms with Gasteiger partial charge in [-0.05, 0) is 79.1 Å². The summed E-state index contributed by atoms with van der Waals surface area (Å²) in [6.45, 7) is 22.7. The van der Waals surface area contributed by atoms with Crippen LogP contribution in [0.15, 0.2) is 25.3 Å². The highest BCUT2D eigenvalue weighted by atomic mass is 16.6. The second kappa shape index (κ2) is 12.4. The molecule has 0 radical (unpaired) electrons. The van der Waals surface area contributed by atoms with Gasteiger partial charge in [0.2, 0.25) is 24.9 Å². The van der Waals surface area contributed by atoms with E-state index < -0.39 is 10.8 Å². The molecule has 0 spiro atoms. The minimum absolute atomic E-state index is 0.0160. The molecular weight excluding hydrogens is 488 g/mol. The largest absolute Gasteiger partial charge is 0.351 e. The minimum Gasteiger partial charge on any atom is -0.351 e. The van der Waals surface area contributed by atoms with Gasteiger partial charge in [0.05, 0.1) is 0 Å². The van der Waals surface area contributed by atoms with E-state index in [4.69, 9.17) is 0 Å². The van der Waals surface area contributed by atoms with Crippen molar-refractivity contribution in [3.05, 3.63) is 45.5 Å². The van der Waals surface area contributed by atoms with Gasteiger partial charge in [-0.1, -0.05) is 26.0 Å². The molecule has 38 heavy (non-hydrogen) atoms. The molecule has 2 amide bonds. The van der Waals surface area contributed by atoms with Crippen LogP contribution in [0.2, 0.25) is 0 Å². The van der Waals surface area contributed by atoms with Crippen molar-refractivity contribution in [3.8, 4) is 0 Å². The number of allylic oxidation sites excluding steroid dienone is 2. The Kier molecular flexibility index (Phi) is 10.8. The van der Waals surface area contributed by atoms with Crippen molar-refractivity contribution in [2.75, 3.05) is 13.1 Å². The first-order valence-corrected chi connectivity index (χ1v) is 13.3. The fourth-order valence-electron chi connectivity index (χ4n) is 5.69. The van der Waals surface area contributed by atoms with Crippen LogP contribution in [0.4, 0.5) is 0 Å². The first-order chi connectivity index (χ1) is 17.1. The molecule has 6 atom stereocenters. The van der Waals surface area contributed by atoms with Crippen molar-refractivity contribution in [3.63, 3.8) is 0 Å². The molecule has 2 N–H and O–H groups in total. The molecule has 0 aromatic heterocycles. The summed E-state index contributed by atoms with van der Waals surface area (Å²) in [6.07, 6.45) is 5.88. The van der Waals surface area contributed by atoms with Crippen LogP contribution >= 0.6 is 0 Å². The van der Waals surface area contributed by atoms with E-state index in [1.807, 2.05) is 55.4 Å². The standard InChI is InChI=1S/2C14H24N2O3/c2*1-6-10-7-14(5,8-11(10)9-16(18)19)12(17)15-13(2,3)4/h2*6,10-11H,1,7-9H2,2-5H3,(H,15,17)/t10-,11+,14+;10-,11+,14-/m00/s1. The van der Waals surface area contributed by atoms with Crippen molar-refractivity contribution in [2.45, 2.75) is 92.2 Å². The lowest BCUT2D eigenvalue weighted by atomic mass is 9.85. The van der Waals surface area contributed by atoms with Crippen LogP contribution in [0, 0.1) is 54.7 Å². The van der Waals surface area contributed by atoms with E-state index in [0.29, 0.717) is 25.7 Å². The molecular formula is C28H48N4O6. The zero-order valence-electron chi connectivity index (χ0n) is 24.5. The molecule has 0 aromatic rings. The number of carbonyl (C=O) groups excluding carboxylic acids is 2. The third-order valence-electron chi connectivity index (χ3n) is 7.45. The van der Waals surface area contributed by atoms with Gasteiger partial charge in [0, 0.05) is 43.6 Å². The van der Waals surface area contributed by atoms with Crippen LogP contribution in [0.25, 0.3) is 0 Å². The molecule has 0 unspecified atom stereocenters. The Labute approximate surface area is 227 Å². The monoisotopic (exact) mass is 536 g/mol. The molecule has 2 rings (SSSR count). The van der Waals surface area contributed by atoms with E-state index >= 15 is 0 Å². The van der Waals surface area contributed by atoms with Crippen LogP contribution in [0.1, 0.15) is 81.1 Å². The Balaban J connectivity index is 0.000000380. The topological polar surface area (TPSA) is 144 Å². The lowest BCUT2D eigenvalue weighted by Crippen LogP contribution is -2.47. The number of hydrogen-bond donors (Lipinski definition) is 2.